The fraction of sp³-hybridized carbons (Fsp3) is 1.00. The Labute approximate surface area is 149 Å². The van der Waals surface area contributed by atoms with E-state index in [4.69, 9.17) is 26.6 Å². The minimum Gasteiger partial charge on any atom is -0.364 e. The molecule has 146 valence electrons. The Morgan fingerprint density at radius 3 is 0.917 bits per heavy atom. The Hall–Kier alpha value is 0.114. The van der Waals surface area contributed by atoms with Gasteiger partial charge in [-0.25, -0.2) is 0 Å². The third kappa shape index (κ3) is 5.83. The first kappa shape index (κ1) is 24.1. The van der Waals surface area contributed by atoms with Crippen LogP contribution in [0.4, 0.5) is 0 Å². The first-order valence-electron chi connectivity index (χ1n) is 8.30. The van der Waals surface area contributed by atoms with Crippen LogP contribution in [0.15, 0.2) is 0 Å². The smallest absolute Gasteiger partial charge is 0.364 e. The lowest BCUT2D eigenvalue weighted by atomic mass is 10.4. The Bertz CT molecular complexity index is 273. The number of rotatable bonds is 15. The van der Waals surface area contributed by atoms with Crippen molar-refractivity contribution in [3.05, 3.63) is 0 Å². The molecule has 0 amide bonds. The molecule has 0 bridgehead atoms. The molecule has 0 aromatic carbocycles. The van der Waals surface area contributed by atoms with Crippen LogP contribution in [-0.2, 0) is 26.6 Å². The van der Waals surface area contributed by atoms with Gasteiger partial charge in [-0.05, 0) is 25.9 Å². The van der Waals surface area contributed by atoms with Crippen LogP contribution in [0.3, 0.4) is 0 Å². The normalized spacial score (nSPS) is 13.2. The standard InChI is InChI=1S/C14H36N2O6Si2/c1-9-11-15(23(17-3,18-4)19-5)13-14-16(12-10-2)24(20-6,21-7)22-8/h9-14H2,1-8H3. The second kappa shape index (κ2) is 12.5. The molecular weight excluding hydrogens is 348 g/mol. The molecule has 0 aromatic rings. The highest BCUT2D eigenvalue weighted by Crippen LogP contribution is 2.17. The van der Waals surface area contributed by atoms with Gasteiger partial charge in [-0.3, -0.25) is 9.13 Å². The van der Waals surface area contributed by atoms with Gasteiger partial charge < -0.3 is 26.6 Å². The fourth-order valence-electron chi connectivity index (χ4n) is 2.83. The van der Waals surface area contributed by atoms with Crippen molar-refractivity contribution in [1.82, 2.24) is 9.13 Å². The van der Waals surface area contributed by atoms with E-state index in [0.29, 0.717) is 13.1 Å². The lowest BCUT2D eigenvalue weighted by Crippen LogP contribution is -2.64. The molecule has 0 heterocycles. The average Bonchev–Trinajstić information content (AvgIpc) is 2.62. The third-order valence-corrected chi connectivity index (χ3v) is 9.49. The molecule has 0 saturated carbocycles. The molecule has 0 aliphatic carbocycles. The van der Waals surface area contributed by atoms with E-state index in [1.165, 1.54) is 0 Å². The van der Waals surface area contributed by atoms with Gasteiger partial charge >= 0.3 is 17.9 Å². The van der Waals surface area contributed by atoms with E-state index in [-0.39, 0.29) is 0 Å². The van der Waals surface area contributed by atoms with Crippen molar-refractivity contribution in [2.75, 3.05) is 68.8 Å². The van der Waals surface area contributed by atoms with Crippen molar-refractivity contribution in [3.8, 4) is 0 Å². The summed E-state index contributed by atoms with van der Waals surface area (Å²) in [6, 6.07) is 0. The fourth-order valence-corrected chi connectivity index (χ4v) is 7.12. The molecule has 24 heavy (non-hydrogen) atoms. The summed E-state index contributed by atoms with van der Waals surface area (Å²) in [5.74, 6) is 0. The quantitative estimate of drug-likeness (QED) is 0.390. The molecule has 10 heteroatoms. The van der Waals surface area contributed by atoms with Crippen LogP contribution in [0.2, 0.25) is 0 Å². The van der Waals surface area contributed by atoms with Crippen molar-refractivity contribution in [1.29, 1.82) is 0 Å². The molecular formula is C14H36N2O6Si2. The van der Waals surface area contributed by atoms with Gasteiger partial charge in [-0.2, -0.15) is 0 Å². The molecule has 0 radical (unpaired) electrons. The summed E-state index contributed by atoms with van der Waals surface area (Å²) in [6.07, 6.45) is 1.94. The van der Waals surface area contributed by atoms with E-state index in [9.17, 15) is 0 Å². The highest BCUT2D eigenvalue weighted by atomic mass is 28.4. The Balaban J connectivity index is 5.26. The molecule has 0 aliphatic rings. The maximum atomic E-state index is 5.63. The third-order valence-electron chi connectivity index (χ3n) is 3.95. The van der Waals surface area contributed by atoms with E-state index < -0.39 is 17.9 Å². The highest BCUT2D eigenvalue weighted by Gasteiger charge is 2.49. The van der Waals surface area contributed by atoms with E-state index in [1.54, 1.807) is 42.7 Å². The van der Waals surface area contributed by atoms with Crippen molar-refractivity contribution < 1.29 is 26.6 Å². The SMILES string of the molecule is CCCN(CCN(CCC)[Si](OC)(OC)OC)[Si](OC)(OC)OC. The lowest BCUT2D eigenvalue weighted by Gasteiger charge is -2.39. The van der Waals surface area contributed by atoms with Crippen molar-refractivity contribution >= 4 is 17.9 Å². The summed E-state index contributed by atoms with van der Waals surface area (Å²) in [7, 11) is 4.08. The van der Waals surface area contributed by atoms with Crippen LogP contribution >= 0.6 is 0 Å². The van der Waals surface area contributed by atoms with E-state index in [0.717, 1.165) is 25.9 Å². The first-order chi connectivity index (χ1) is 11.5. The molecule has 8 nitrogen and oxygen atoms in total. The molecule has 0 fully saturated rings. The molecule has 0 rings (SSSR count). The minimum atomic E-state index is -2.85. The van der Waals surface area contributed by atoms with Crippen LogP contribution in [-0.4, -0.2) is 95.9 Å². The van der Waals surface area contributed by atoms with Gasteiger partial charge in [0.15, 0.2) is 0 Å². The van der Waals surface area contributed by atoms with Gasteiger partial charge in [0.05, 0.1) is 0 Å². The lowest BCUT2D eigenvalue weighted by molar-refractivity contribution is 0.0385. The van der Waals surface area contributed by atoms with Gasteiger partial charge in [0.2, 0.25) is 0 Å². The molecule has 0 spiro atoms. The van der Waals surface area contributed by atoms with Gasteiger partial charge in [0.25, 0.3) is 0 Å². The molecule has 0 atom stereocenters. The summed E-state index contributed by atoms with van der Waals surface area (Å²) in [4.78, 5) is 0. The largest absolute Gasteiger partial charge is 0.598 e. The second-order valence-corrected chi connectivity index (χ2v) is 11.1. The minimum absolute atomic E-state index is 0.709. The summed E-state index contributed by atoms with van der Waals surface area (Å²) in [5, 5.41) is 0. The van der Waals surface area contributed by atoms with Gasteiger partial charge in [0, 0.05) is 55.7 Å². The first-order valence-corrected chi connectivity index (χ1v) is 11.6. The Morgan fingerprint density at radius 2 is 0.750 bits per heavy atom. The summed E-state index contributed by atoms with van der Waals surface area (Å²) < 4.78 is 38.1. The van der Waals surface area contributed by atoms with Gasteiger partial charge in [-0.1, -0.05) is 13.8 Å². The monoisotopic (exact) mass is 384 g/mol. The van der Waals surface area contributed by atoms with Crippen molar-refractivity contribution in [2.24, 2.45) is 0 Å². The molecule has 0 N–H and O–H groups in total. The van der Waals surface area contributed by atoms with E-state index in [2.05, 4.69) is 23.0 Å². The predicted octanol–water partition coefficient (Wildman–Crippen LogP) is 1.16. The molecule has 0 saturated heterocycles. The Kier molecular flexibility index (Phi) is 12.5. The maximum absolute atomic E-state index is 5.63. The van der Waals surface area contributed by atoms with Gasteiger partial charge in [0.1, 0.15) is 0 Å². The molecule has 0 aromatic heterocycles. The average molecular weight is 385 g/mol. The summed E-state index contributed by atoms with van der Waals surface area (Å²) >= 11 is 0. The molecule has 0 unspecified atom stereocenters. The zero-order valence-electron chi connectivity index (χ0n) is 16.6. The summed E-state index contributed by atoms with van der Waals surface area (Å²) in [5.41, 5.74) is 0. The van der Waals surface area contributed by atoms with Crippen molar-refractivity contribution in [2.45, 2.75) is 26.7 Å². The number of hydrogen-bond donors (Lipinski definition) is 0. The number of hydrogen-bond acceptors (Lipinski definition) is 8. The molecule has 0 aliphatic heterocycles. The summed E-state index contributed by atoms with van der Waals surface area (Å²) in [6.45, 7) is 7.30. The van der Waals surface area contributed by atoms with Crippen LogP contribution in [0.1, 0.15) is 26.7 Å². The Morgan fingerprint density at radius 1 is 0.500 bits per heavy atom. The van der Waals surface area contributed by atoms with E-state index in [1.807, 2.05) is 0 Å². The van der Waals surface area contributed by atoms with Crippen LogP contribution in [0.25, 0.3) is 0 Å². The van der Waals surface area contributed by atoms with Crippen LogP contribution in [0, 0.1) is 0 Å². The maximum Gasteiger partial charge on any atom is 0.598 e. The predicted molar refractivity (Wildman–Crippen MR) is 97.3 cm³/mol. The van der Waals surface area contributed by atoms with Crippen LogP contribution < -0.4 is 0 Å². The van der Waals surface area contributed by atoms with E-state index >= 15 is 0 Å². The topological polar surface area (TPSA) is 61.9 Å². The highest BCUT2D eigenvalue weighted by molar-refractivity contribution is 6.58. The zero-order chi connectivity index (χ0) is 18.6. The van der Waals surface area contributed by atoms with Crippen LogP contribution in [0.5, 0.6) is 0 Å². The van der Waals surface area contributed by atoms with Crippen molar-refractivity contribution in [3.63, 3.8) is 0 Å². The zero-order valence-corrected chi connectivity index (χ0v) is 18.6. The number of nitrogens with zero attached hydrogens (tertiary/aromatic N) is 2. The van der Waals surface area contributed by atoms with Gasteiger partial charge in [-0.15, -0.1) is 0 Å². The second-order valence-electron chi connectivity index (χ2n) is 5.25.